The molecule has 0 saturated heterocycles. The molecule has 0 unspecified atom stereocenters. The number of para-hydroxylation sites is 1. The van der Waals surface area contributed by atoms with Gasteiger partial charge in [0.1, 0.15) is 0 Å². The van der Waals surface area contributed by atoms with Crippen molar-refractivity contribution < 1.29 is 4.57 Å². The Morgan fingerprint density at radius 2 is 1.43 bits per heavy atom. The van der Waals surface area contributed by atoms with Crippen molar-refractivity contribution >= 4 is 0 Å². The minimum absolute atomic E-state index is 0.508. The van der Waals surface area contributed by atoms with Crippen molar-refractivity contribution in [2.75, 3.05) is 0 Å². The summed E-state index contributed by atoms with van der Waals surface area (Å²) in [6, 6.07) is 16.9. The molecule has 2 heteroatoms. The third kappa shape index (κ3) is 2.84. The topological polar surface area (TPSA) is 16.8 Å². The van der Waals surface area contributed by atoms with Crippen LogP contribution < -0.4 is 4.57 Å². The van der Waals surface area contributed by atoms with Crippen molar-refractivity contribution in [3.05, 3.63) is 78.9 Å². The largest absolute Gasteiger partial charge is 0.265 e. The van der Waals surface area contributed by atoms with Gasteiger partial charge < -0.3 is 0 Å². The fourth-order valence-corrected chi connectivity index (χ4v) is 2.53. The highest BCUT2D eigenvalue weighted by atomic mass is 14.9. The molecule has 2 heterocycles. The first-order chi connectivity index (χ1) is 10.3. The maximum Gasteiger partial charge on any atom is 0.214 e. The molecule has 0 atom stereocenters. The summed E-state index contributed by atoms with van der Waals surface area (Å²) in [4.78, 5) is 4.06. The van der Waals surface area contributed by atoms with Crippen LogP contribution in [0.15, 0.2) is 73.3 Å². The van der Waals surface area contributed by atoms with Crippen LogP contribution in [-0.4, -0.2) is 4.98 Å². The van der Waals surface area contributed by atoms with Gasteiger partial charge in [0.15, 0.2) is 12.4 Å². The summed E-state index contributed by atoms with van der Waals surface area (Å²) in [6.45, 7) is 4.45. The zero-order valence-electron chi connectivity index (χ0n) is 12.4. The van der Waals surface area contributed by atoms with Crippen LogP contribution in [0.1, 0.15) is 25.3 Å². The van der Waals surface area contributed by atoms with Crippen LogP contribution in [0.4, 0.5) is 0 Å². The third-order valence-corrected chi connectivity index (χ3v) is 3.68. The first-order valence-corrected chi connectivity index (χ1v) is 7.27. The standard InChI is InChI=1S/C19H19N2/c1-15(2)18-5-3-4-6-19(18)21-13-9-17(10-14-21)16-7-11-20-12-8-16/h3-15H,1-2H3/q+1. The summed E-state index contributed by atoms with van der Waals surface area (Å²) in [5.41, 5.74) is 5.00. The number of hydrogen-bond donors (Lipinski definition) is 0. The summed E-state index contributed by atoms with van der Waals surface area (Å²) < 4.78 is 2.18. The number of hydrogen-bond acceptors (Lipinski definition) is 1. The van der Waals surface area contributed by atoms with E-state index < -0.39 is 0 Å². The molecule has 2 nitrogen and oxygen atoms in total. The Hall–Kier alpha value is -2.48. The maximum absolute atomic E-state index is 4.06. The first-order valence-electron chi connectivity index (χ1n) is 7.27. The summed E-state index contributed by atoms with van der Waals surface area (Å²) in [5, 5.41) is 0. The van der Waals surface area contributed by atoms with E-state index >= 15 is 0 Å². The lowest BCUT2D eigenvalue weighted by molar-refractivity contribution is -0.596. The van der Waals surface area contributed by atoms with Gasteiger partial charge in [-0.1, -0.05) is 32.0 Å². The zero-order valence-corrected chi connectivity index (χ0v) is 12.4. The van der Waals surface area contributed by atoms with Crippen LogP contribution in [0.5, 0.6) is 0 Å². The molecule has 0 radical (unpaired) electrons. The van der Waals surface area contributed by atoms with E-state index in [-0.39, 0.29) is 0 Å². The number of aromatic nitrogens is 2. The summed E-state index contributed by atoms with van der Waals surface area (Å²) in [7, 11) is 0. The molecule has 0 N–H and O–H groups in total. The van der Waals surface area contributed by atoms with Gasteiger partial charge in [-0.2, -0.15) is 4.57 Å². The predicted molar refractivity (Wildman–Crippen MR) is 85.3 cm³/mol. The van der Waals surface area contributed by atoms with Crippen LogP contribution in [0.3, 0.4) is 0 Å². The normalized spacial score (nSPS) is 10.8. The molecule has 3 rings (SSSR count). The van der Waals surface area contributed by atoms with Crippen molar-refractivity contribution in [3.8, 4) is 16.8 Å². The molecule has 0 fully saturated rings. The molecular weight excluding hydrogens is 256 g/mol. The van der Waals surface area contributed by atoms with Crippen LogP contribution in [0.2, 0.25) is 0 Å². The molecule has 104 valence electrons. The molecule has 2 aromatic heterocycles. The molecule has 3 aromatic rings. The van der Waals surface area contributed by atoms with E-state index in [1.165, 1.54) is 22.4 Å². The van der Waals surface area contributed by atoms with E-state index in [9.17, 15) is 0 Å². The highest BCUT2D eigenvalue weighted by Crippen LogP contribution is 2.20. The molecule has 0 aliphatic rings. The quantitative estimate of drug-likeness (QED) is 0.656. The van der Waals surface area contributed by atoms with Gasteiger partial charge in [0, 0.05) is 36.2 Å². The van der Waals surface area contributed by atoms with E-state index in [0.717, 1.165) is 0 Å². The Balaban J connectivity index is 1.99. The van der Waals surface area contributed by atoms with Crippen LogP contribution in [0, 0.1) is 0 Å². The van der Waals surface area contributed by atoms with Gasteiger partial charge >= 0.3 is 0 Å². The van der Waals surface area contributed by atoms with Gasteiger partial charge in [0.25, 0.3) is 0 Å². The fraction of sp³-hybridized carbons (Fsp3) is 0.158. The summed E-state index contributed by atoms with van der Waals surface area (Å²) in [5.74, 6) is 0.508. The molecule has 0 spiro atoms. The lowest BCUT2D eigenvalue weighted by Gasteiger charge is -2.08. The van der Waals surface area contributed by atoms with Gasteiger partial charge in [-0.15, -0.1) is 0 Å². The smallest absolute Gasteiger partial charge is 0.214 e. The van der Waals surface area contributed by atoms with Crippen molar-refractivity contribution in [2.24, 2.45) is 0 Å². The molecule has 21 heavy (non-hydrogen) atoms. The molecule has 1 aromatic carbocycles. The molecule has 0 aliphatic heterocycles. The van der Waals surface area contributed by atoms with Gasteiger partial charge in [0.05, 0.1) is 0 Å². The Labute approximate surface area is 125 Å². The zero-order chi connectivity index (χ0) is 14.7. The molecule has 0 saturated carbocycles. The van der Waals surface area contributed by atoms with E-state index in [1.807, 2.05) is 24.5 Å². The lowest BCUT2D eigenvalue weighted by Crippen LogP contribution is -2.31. The highest BCUT2D eigenvalue weighted by molar-refractivity contribution is 5.61. The van der Waals surface area contributed by atoms with E-state index in [2.05, 4.69) is 72.2 Å². The van der Waals surface area contributed by atoms with Gasteiger partial charge in [-0.25, -0.2) is 0 Å². The molecule has 0 aliphatic carbocycles. The highest BCUT2D eigenvalue weighted by Gasteiger charge is 2.14. The van der Waals surface area contributed by atoms with Gasteiger partial charge in [-0.3, -0.25) is 4.98 Å². The van der Waals surface area contributed by atoms with E-state index in [0.29, 0.717) is 5.92 Å². The van der Waals surface area contributed by atoms with Crippen LogP contribution in [0.25, 0.3) is 16.8 Å². The second-order valence-electron chi connectivity index (χ2n) is 5.44. The molecule has 0 amide bonds. The fourth-order valence-electron chi connectivity index (χ4n) is 2.53. The number of nitrogens with zero attached hydrogens (tertiary/aromatic N) is 2. The second kappa shape index (κ2) is 5.88. The van der Waals surface area contributed by atoms with Crippen LogP contribution >= 0.6 is 0 Å². The van der Waals surface area contributed by atoms with Crippen molar-refractivity contribution in [3.63, 3.8) is 0 Å². The van der Waals surface area contributed by atoms with Crippen molar-refractivity contribution in [2.45, 2.75) is 19.8 Å². The van der Waals surface area contributed by atoms with E-state index in [4.69, 9.17) is 0 Å². The lowest BCUT2D eigenvalue weighted by atomic mass is 10.0. The minimum atomic E-state index is 0.508. The van der Waals surface area contributed by atoms with Crippen molar-refractivity contribution in [1.82, 2.24) is 4.98 Å². The van der Waals surface area contributed by atoms with Gasteiger partial charge in [-0.05, 0) is 29.2 Å². The molecule has 0 bridgehead atoms. The number of benzene rings is 1. The average Bonchev–Trinajstić information content (AvgIpc) is 2.56. The van der Waals surface area contributed by atoms with Crippen molar-refractivity contribution in [1.29, 1.82) is 0 Å². The maximum atomic E-state index is 4.06. The summed E-state index contributed by atoms with van der Waals surface area (Å²) >= 11 is 0. The average molecular weight is 275 g/mol. The Bertz CT molecular complexity index is 716. The third-order valence-electron chi connectivity index (χ3n) is 3.68. The Morgan fingerprint density at radius 1 is 0.810 bits per heavy atom. The SMILES string of the molecule is CC(C)c1ccccc1-[n+]1ccc(-c2ccncc2)cc1. The van der Waals surface area contributed by atoms with Gasteiger partial charge in [0.2, 0.25) is 5.69 Å². The summed E-state index contributed by atoms with van der Waals surface area (Å²) in [6.07, 6.45) is 7.89. The first kappa shape index (κ1) is 13.5. The second-order valence-corrected chi connectivity index (χ2v) is 5.44. The monoisotopic (exact) mass is 275 g/mol. The van der Waals surface area contributed by atoms with Crippen LogP contribution in [-0.2, 0) is 0 Å². The minimum Gasteiger partial charge on any atom is -0.265 e. The Morgan fingerprint density at radius 3 is 2.10 bits per heavy atom. The number of pyridine rings is 2. The van der Waals surface area contributed by atoms with E-state index in [1.54, 1.807) is 0 Å². The molecular formula is C19H19N2+. The Kier molecular flexibility index (Phi) is 3.78. The predicted octanol–water partition coefficient (Wildman–Crippen LogP) is 4.15. The number of rotatable bonds is 3.